The number of hydrogen-bond acceptors (Lipinski definition) is 3. The van der Waals surface area contributed by atoms with Crippen molar-refractivity contribution >= 4 is 27.5 Å². The molecule has 0 aliphatic carbocycles. The van der Waals surface area contributed by atoms with Crippen molar-refractivity contribution < 1.29 is 9.47 Å². The summed E-state index contributed by atoms with van der Waals surface area (Å²) in [6.45, 7) is 0. The molecular weight excluding hydrogens is 342 g/mol. The van der Waals surface area contributed by atoms with Gasteiger partial charge in [-0.05, 0) is 51.3 Å². The van der Waals surface area contributed by atoms with Crippen molar-refractivity contribution in [1.82, 2.24) is 0 Å². The van der Waals surface area contributed by atoms with Crippen LogP contribution in [0.25, 0.3) is 0 Å². The molecule has 0 aliphatic rings. The Balaban J connectivity index is 2.37. The maximum atomic E-state index is 6.29. The fourth-order valence-corrected chi connectivity index (χ4v) is 2.46. The standard InChI is InChI=1S/C15H15BrClNO2/c1-19-13-6-4-10(8-14(13)20-2)15(18)9-3-5-12(17)11(16)7-9/h3-8,15H,18H2,1-2H3. The highest BCUT2D eigenvalue weighted by atomic mass is 79.9. The first kappa shape index (κ1) is 15.2. The molecule has 1 atom stereocenters. The zero-order valence-electron chi connectivity index (χ0n) is 11.2. The second-order valence-corrected chi connectivity index (χ2v) is 5.53. The SMILES string of the molecule is COc1ccc(C(N)c2ccc(Cl)c(Br)c2)cc1OC. The normalized spacial score (nSPS) is 12.1. The fourth-order valence-electron chi connectivity index (χ4n) is 1.94. The highest BCUT2D eigenvalue weighted by molar-refractivity contribution is 9.10. The Morgan fingerprint density at radius 1 is 1.00 bits per heavy atom. The van der Waals surface area contributed by atoms with E-state index in [4.69, 9.17) is 26.8 Å². The third kappa shape index (κ3) is 3.08. The predicted molar refractivity (Wildman–Crippen MR) is 84.7 cm³/mol. The van der Waals surface area contributed by atoms with Crippen molar-refractivity contribution in [2.45, 2.75) is 6.04 Å². The molecule has 5 heteroatoms. The summed E-state index contributed by atoms with van der Waals surface area (Å²) in [5.41, 5.74) is 8.20. The molecule has 0 aromatic heterocycles. The Kier molecular flexibility index (Phi) is 4.91. The quantitative estimate of drug-likeness (QED) is 0.894. The van der Waals surface area contributed by atoms with Gasteiger partial charge >= 0.3 is 0 Å². The maximum absolute atomic E-state index is 6.29. The predicted octanol–water partition coefficient (Wildman–Crippen LogP) is 4.17. The topological polar surface area (TPSA) is 44.5 Å². The molecule has 0 saturated heterocycles. The number of rotatable bonds is 4. The van der Waals surface area contributed by atoms with Crippen LogP contribution in [0.4, 0.5) is 0 Å². The number of benzene rings is 2. The molecule has 0 spiro atoms. The van der Waals surface area contributed by atoms with Gasteiger partial charge in [0.15, 0.2) is 11.5 Å². The third-order valence-corrected chi connectivity index (χ3v) is 4.28. The van der Waals surface area contributed by atoms with Gasteiger partial charge in [0.2, 0.25) is 0 Å². The van der Waals surface area contributed by atoms with Crippen molar-refractivity contribution in [3.8, 4) is 11.5 Å². The molecule has 3 nitrogen and oxygen atoms in total. The molecule has 2 aromatic carbocycles. The lowest BCUT2D eigenvalue weighted by atomic mass is 9.99. The van der Waals surface area contributed by atoms with E-state index in [1.807, 2.05) is 36.4 Å². The van der Waals surface area contributed by atoms with Crippen LogP contribution in [0.15, 0.2) is 40.9 Å². The van der Waals surface area contributed by atoms with E-state index in [0.29, 0.717) is 16.5 Å². The van der Waals surface area contributed by atoms with Gasteiger partial charge < -0.3 is 15.2 Å². The summed E-state index contributed by atoms with van der Waals surface area (Å²) in [6, 6.07) is 11.0. The van der Waals surface area contributed by atoms with Crippen LogP contribution in [0.1, 0.15) is 17.2 Å². The highest BCUT2D eigenvalue weighted by Gasteiger charge is 2.13. The smallest absolute Gasteiger partial charge is 0.161 e. The lowest BCUT2D eigenvalue weighted by Gasteiger charge is -2.16. The molecule has 0 bridgehead atoms. The molecule has 20 heavy (non-hydrogen) atoms. The van der Waals surface area contributed by atoms with Crippen molar-refractivity contribution in [2.24, 2.45) is 5.73 Å². The number of methoxy groups -OCH3 is 2. The molecule has 0 saturated carbocycles. The van der Waals surface area contributed by atoms with Crippen LogP contribution in [0, 0.1) is 0 Å². The molecule has 2 rings (SSSR count). The molecule has 106 valence electrons. The van der Waals surface area contributed by atoms with Gasteiger partial charge in [-0.2, -0.15) is 0 Å². The minimum Gasteiger partial charge on any atom is -0.493 e. The van der Waals surface area contributed by atoms with Crippen LogP contribution in [0.3, 0.4) is 0 Å². The van der Waals surface area contributed by atoms with Gasteiger partial charge in [-0.1, -0.05) is 23.7 Å². The first-order chi connectivity index (χ1) is 9.56. The van der Waals surface area contributed by atoms with E-state index in [-0.39, 0.29) is 6.04 Å². The summed E-state index contributed by atoms with van der Waals surface area (Å²) >= 11 is 9.40. The highest BCUT2D eigenvalue weighted by Crippen LogP contribution is 2.33. The average molecular weight is 357 g/mol. The van der Waals surface area contributed by atoms with E-state index < -0.39 is 0 Å². The largest absolute Gasteiger partial charge is 0.493 e. The van der Waals surface area contributed by atoms with Crippen LogP contribution in [-0.2, 0) is 0 Å². The molecule has 2 aromatic rings. The molecule has 0 heterocycles. The Bertz CT molecular complexity index is 619. The van der Waals surface area contributed by atoms with Crippen LogP contribution in [0.2, 0.25) is 5.02 Å². The summed E-state index contributed by atoms with van der Waals surface area (Å²) in [5.74, 6) is 1.34. The van der Waals surface area contributed by atoms with E-state index in [1.54, 1.807) is 14.2 Å². The number of ether oxygens (including phenoxy) is 2. The van der Waals surface area contributed by atoms with E-state index in [1.165, 1.54) is 0 Å². The minimum absolute atomic E-state index is 0.261. The molecule has 0 fully saturated rings. The molecule has 2 N–H and O–H groups in total. The first-order valence-corrected chi connectivity index (χ1v) is 7.16. The van der Waals surface area contributed by atoms with Gasteiger partial charge in [-0.25, -0.2) is 0 Å². The molecule has 0 amide bonds. The minimum atomic E-state index is -0.261. The van der Waals surface area contributed by atoms with Gasteiger partial charge in [0.05, 0.1) is 25.3 Å². The number of halogens is 2. The van der Waals surface area contributed by atoms with Crippen LogP contribution >= 0.6 is 27.5 Å². The number of nitrogens with two attached hydrogens (primary N) is 1. The van der Waals surface area contributed by atoms with Gasteiger partial charge in [0.1, 0.15) is 0 Å². The zero-order chi connectivity index (χ0) is 14.7. The Morgan fingerprint density at radius 2 is 1.60 bits per heavy atom. The third-order valence-electron chi connectivity index (χ3n) is 3.07. The second kappa shape index (κ2) is 6.48. The van der Waals surface area contributed by atoms with Gasteiger partial charge in [-0.15, -0.1) is 0 Å². The van der Waals surface area contributed by atoms with Crippen LogP contribution in [-0.4, -0.2) is 14.2 Å². The Hall–Kier alpha value is -1.23. The van der Waals surface area contributed by atoms with Crippen LogP contribution in [0.5, 0.6) is 11.5 Å². The van der Waals surface area contributed by atoms with E-state index >= 15 is 0 Å². The van der Waals surface area contributed by atoms with E-state index in [0.717, 1.165) is 15.6 Å². The molecule has 0 aliphatic heterocycles. The summed E-state index contributed by atoms with van der Waals surface area (Å²) < 4.78 is 11.3. The Labute approximate surface area is 131 Å². The summed E-state index contributed by atoms with van der Waals surface area (Å²) in [6.07, 6.45) is 0. The van der Waals surface area contributed by atoms with Gasteiger partial charge in [0, 0.05) is 4.47 Å². The second-order valence-electron chi connectivity index (χ2n) is 4.27. The van der Waals surface area contributed by atoms with Crippen molar-refractivity contribution in [1.29, 1.82) is 0 Å². The average Bonchev–Trinajstić information content (AvgIpc) is 2.48. The van der Waals surface area contributed by atoms with Gasteiger partial charge in [-0.3, -0.25) is 0 Å². The monoisotopic (exact) mass is 355 g/mol. The lowest BCUT2D eigenvalue weighted by Crippen LogP contribution is -2.12. The van der Waals surface area contributed by atoms with E-state index in [2.05, 4.69) is 15.9 Å². The van der Waals surface area contributed by atoms with Crippen LogP contribution < -0.4 is 15.2 Å². The molecule has 1 unspecified atom stereocenters. The first-order valence-electron chi connectivity index (χ1n) is 5.99. The summed E-state index contributed by atoms with van der Waals surface area (Å²) in [5, 5.41) is 0.660. The molecule has 0 radical (unpaired) electrons. The summed E-state index contributed by atoms with van der Waals surface area (Å²) in [7, 11) is 3.21. The lowest BCUT2D eigenvalue weighted by molar-refractivity contribution is 0.354. The summed E-state index contributed by atoms with van der Waals surface area (Å²) in [4.78, 5) is 0. The number of hydrogen-bond donors (Lipinski definition) is 1. The fraction of sp³-hybridized carbons (Fsp3) is 0.200. The Morgan fingerprint density at radius 3 is 2.20 bits per heavy atom. The van der Waals surface area contributed by atoms with Crippen molar-refractivity contribution in [3.05, 3.63) is 57.0 Å². The zero-order valence-corrected chi connectivity index (χ0v) is 13.5. The maximum Gasteiger partial charge on any atom is 0.161 e. The van der Waals surface area contributed by atoms with E-state index in [9.17, 15) is 0 Å². The van der Waals surface area contributed by atoms with Crippen molar-refractivity contribution in [3.63, 3.8) is 0 Å². The van der Waals surface area contributed by atoms with Crippen molar-refractivity contribution in [2.75, 3.05) is 14.2 Å². The molecular formula is C15H15BrClNO2. The van der Waals surface area contributed by atoms with Gasteiger partial charge in [0.25, 0.3) is 0 Å².